The number of hydrogen-bond acceptors (Lipinski definition) is 2. The summed E-state index contributed by atoms with van der Waals surface area (Å²) >= 11 is 0. The second kappa shape index (κ2) is 3.74. The van der Waals surface area contributed by atoms with E-state index < -0.39 is 0 Å². The summed E-state index contributed by atoms with van der Waals surface area (Å²) in [7, 11) is 0. The van der Waals surface area contributed by atoms with Crippen molar-refractivity contribution in [3.8, 4) is 0 Å². The van der Waals surface area contributed by atoms with Crippen molar-refractivity contribution in [3.05, 3.63) is 0 Å². The first kappa shape index (κ1) is 9.30. The van der Waals surface area contributed by atoms with Gasteiger partial charge < -0.3 is 10.5 Å². The van der Waals surface area contributed by atoms with Crippen molar-refractivity contribution >= 4 is 12.4 Å². The zero-order chi connectivity index (χ0) is 6.97. The molecule has 2 fully saturated rings. The molecule has 66 valence electrons. The summed E-state index contributed by atoms with van der Waals surface area (Å²) in [5.41, 5.74) is 5.49. The van der Waals surface area contributed by atoms with Gasteiger partial charge in [0.2, 0.25) is 0 Å². The molecule has 0 aromatic rings. The van der Waals surface area contributed by atoms with Crippen LogP contribution in [0.15, 0.2) is 0 Å². The van der Waals surface area contributed by atoms with Gasteiger partial charge in [-0.15, -0.1) is 12.4 Å². The molecule has 0 aromatic heterocycles. The molecule has 1 heterocycles. The Morgan fingerprint density at radius 2 is 1.91 bits per heavy atom. The van der Waals surface area contributed by atoms with Crippen LogP contribution in [0.5, 0.6) is 0 Å². The molecule has 2 N–H and O–H groups in total. The van der Waals surface area contributed by atoms with Crippen molar-refractivity contribution in [1.29, 1.82) is 0 Å². The molecule has 0 aromatic carbocycles. The van der Waals surface area contributed by atoms with E-state index in [2.05, 4.69) is 0 Å². The van der Waals surface area contributed by atoms with Gasteiger partial charge in [-0.2, -0.15) is 0 Å². The lowest BCUT2D eigenvalue weighted by molar-refractivity contribution is 0.0378. The molecule has 1 aliphatic carbocycles. The van der Waals surface area contributed by atoms with Crippen molar-refractivity contribution in [2.24, 2.45) is 11.7 Å². The minimum absolute atomic E-state index is 0. The fourth-order valence-corrected chi connectivity index (χ4v) is 1.72. The number of nitrogens with two attached hydrogens (primary N) is 1. The lowest BCUT2D eigenvalue weighted by Gasteiger charge is -2.10. The first-order valence-electron chi connectivity index (χ1n) is 4.25. The second-order valence-corrected chi connectivity index (χ2v) is 3.45. The maximum absolute atomic E-state index is 5.71. The summed E-state index contributed by atoms with van der Waals surface area (Å²) < 4.78 is 5.71. The Kier molecular flexibility index (Phi) is 3.16. The highest BCUT2D eigenvalue weighted by Crippen LogP contribution is 2.39. The zero-order valence-electron chi connectivity index (χ0n) is 6.66. The first-order valence-corrected chi connectivity index (χ1v) is 4.25. The highest BCUT2D eigenvalue weighted by Gasteiger charge is 2.36. The normalized spacial score (nSPS) is 36.8. The smallest absolute Gasteiger partial charge is 0.0702 e. The van der Waals surface area contributed by atoms with Crippen LogP contribution < -0.4 is 5.73 Å². The molecule has 2 nitrogen and oxygen atoms in total. The van der Waals surface area contributed by atoms with Crippen molar-refractivity contribution < 1.29 is 4.74 Å². The fraction of sp³-hybridized carbons (Fsp3) is 1.00. The molecule has 3 heteroatoms. The van der Waals surface area contributed by atoms with E-state index in [-0.39, 0.29) is 12.4 Å². The van der Waals surface area contributed by atoms with Crippen LogP contribution >= 0.6 is 12.4 Å². The number of halogens is 1. The zero-order valence-corrected chi connectivity index (χ0v) is 7.48. The van der Waals surface area contributed by atoms with Crippen LogP contribution in [0.3, 0.4) is 0 Å². The molecule has 0 radical (unpaired) electrons. The van der Waals surface area contributed by atoms with Crippen LogP contribution in [-0.2, 0) is 4.74 Å². The van der Waals surface area contributed by atoms with Crippen LogP contribution in [0.1, 0.15) is 25.7 Å². The van der Waals surface area contributed by atoms with Crippen LogP contribution in [-0.4, -0.2) is 18.8 Å². The van der Waals surface area contributed by atoms with E-state index in [1.165, 1.54) is 25.7 Å². The molecule has 2 atom stereocenters. The number of ether oxygens (including phenoxy) is 1. The Hall–Kier alpha value is 0.210. The highest BCUT2D eigenvalue weighted by molar-refractivity contribution is 5.85. The molecule has 2 aliphatic rings. The van der Waals surface area contributed by atoms with Crippen LogP contribution in [0, 0.1) is 5.92 Å². The lowest BCUT2D eigenvalue weighted by atomic mass is 10.1. The maximum atomic E-state index is 5.71. The molecule has 1 aliphatic heterocycles. The SMILES string of the molecule is Cl.NCC1CCC(C2CC2)O1. The average Bonchev–Trinajstić information content (AvgIpc) is 2.70. The third kappa shape index (κ3) is 2.08. The monoisotopic (exact) mass is 177 g/mol. The van der Waals surface area contributed by atoms with Gasteiger partial charge in [0.25, 0.3) is 0 Å². The third-order valence-electron chi connectivity index (χ3n) is 2.55. The Morgan fingerprint density at radius 3 is 2.36 bits per heavy atom. The van der Waals surface area contributed by atoms with E-state index in [1.54, 1.807) is 0 Å². The van der Waals surface area contributed by atoms with Crippen molar-refractivity contribution in [1.82, 2.24) is 0 Å². The molecule has 2 rings (SSSR count). The van der Waals surface area contributed by atoms with Gasteiger partial charge in [0.05, 0.1) is 12.2 Å². The minimum atomic E-state index is 0. The summed E-state index contributed by atoms with van der Waals surface area (Å²) in [5, 5.41) is 0. The summed E-state index contributed by atoms with van der Waals surface area (Å²) in [6.07, 6.45) is 6.19. The van der Waals surface area contributed by atoms with E-state index in [0.717, 1.165) is 5.92 Å². The van der Waals surface area contributed by atoms with E-state index in [9.17, 15) is 0 Å². The Balaban J connectivity index is 0.000000605. The number of hydrogen-bond donors (Lipinski definition) is 1. The molecule has 2 unspecified atom stereocenters. The summed E-state index contributed by atoms with van der Waals surface area (Å²) in [6, 6.07) is 0. The van der Waals surface area contributed by atoms with Gasteiger partial charge in [-0.3, -0.25) is 0 Å². The van der Waals surface area contributed by atoms with Crippen molar-refractivity contribution in [2.75, 3.05) is 6.54 Å². The van der Waals surface area contributed by atoms with E-state index in [4.69, 9.17) is 10.5 Å². The van der Waals surface area contributed by atoms with Gasteiger partial charge in [0.1, 0.15) is 0 Å². The highest BCUT2D eigenvalue weighted by atomic mass is 35.5. The van der Waals surface area contributed by atoms with Crippen LogP contribution in [0.2, 0.25) is 0 Å². The molecular weight excluding hydrogens is 162 g/mol. The molecule has 0 bridgehead atoms. The topological polar surface area (TPSA) is 35.2 Å². The Bertz CT molecular complexity index is 127. The van der Waals surface area contributed by atoms with Gasteiger partial charge in [0.15, 0.2) is 0 Å². The quantitative estimate of drug-likeness (QED) is 0.691. The maximum Gasteiger partial charge on any atom is 0.0702 e. The first-order chi connectivity index (χ1) is 4.90. The molecule has 1 saturated carbocycles. The van der Waals surface area contributed by atoms with Gasteiger partial charge in [-0.1, -0.05) is 0 Å². The van der Waals surface area contributed by atoms with Crippen molar-refractivity contribution in [3.63, 3.8) is 0 Å². The average molecular weight is 178 g/mol. The summed E-state index contributed by atoms with van der Waals surface area (Å²) in [5.74, 6) is 0.900. The number of rotatable bonds is 2. The van der Waals surface area contributed by atoms with Gasteiger partial charge in [0, 0.05) is 6.54 Å². The summed E-state index contributed by atoms with van der Waals surface area (Å²) in [6.45, 7) is 0.712. The second-order valence-electron chi connectivity index (χ2n) is 3.45. The largest absolute Gasteiger partial charge is 0.373 e. The molecule has 0 amide bonds. The van der Waals surface area contributed by atoms with Gasteiger partial charge >= 0.3 is 0 Å². The van der Waals surface area contributed by atoms with Crippen molar-refractivity contribution in [2.45, 2.75) is 37.9 Å². The minimum Gasteiger partial charge on any atom is -0.373 e. The predicted molar refractivity (Wildman–Crippen MR) is 46.9 cm³/mol. The van der Waals surface area contributed by atoms with Gasteiger partial charge in [-0.25, -0.2) is 0 Å². The lowest BCUT2D eigenvalue weighted by Crippen LogP contribution is -2.21. The van der Waals surface area contributed by atoms with Crippen LogP contribution in [0.4, 0.5) is 0 Å². The van der Waals surface area contributed by atoms with E-state index in [1.807, 2.05) is 0 Å². The third-order valence-corrected chi connectivity index (χ3v) is 2.55. The van der Waals surface area contributed by atoms with Crippen LogP contribution in [0.25, 0.3) is 0 Å². The summed E-state index contributed by atoms with van der Waals surface area (Å²) in [4.78, 5) is 0. The van der Waals surface area contributed by atoms with E-state index in [0.29, 0.717) is 18.8 Å². The predicted octanol–water partition coefficient (Wildman–Crippen LogP) is 1.32. The molecule has 11 heavy (non-hydrogen) atoms. The Labute approximate surface area is 73.9 Å². The fourth-order valence-electron chi connectivity index (χ4n) is 1.72. The Morgan fingerprint density at radius 1 is 1.18 bits per heavy atom. The van der Waals surface area contributed by atoms with Gasteiger partial charge in [-0.05, 0) is 31.6 Å². The standard InChI is InChI=1S/C8H15NO.ClH/c9-5-7-3-4-8(10-7)6-1-2-6;/h6-8H,1-5,9H2;1H. The molecular formula is C8H16ClNO. The molecule has 1 saturated heterocycles. The molecule has 0 spiro atoms. The van der Waals surface area contributed by atoms with E-state index >= 15 is 0 Å².